The van der Waals surface area contributed by atoms with Crippen LogP contribution in [0.4, 0.5) is 0 Å². The number of benzene rings is 1. The van der Waals surface area contributed by atoms with Crippen molar-refractivity contribution >= 4 is 5.97 Å². The molecule has 1 heterocycles. The number of hydrogen-bond donors (Lipinski definition) is 0. The Kier molecular flexibility index (Phi) is 3.46. The van der Waals surface area contributed by atoms with Gasteiger partial charge in [0.1, 0.15) is 18.1 Å². The van der Waals surface area contributed by atoms with E-state index in [1.165, 1.54) is 0 Å². The second kappa shape index (κ2) is 5.04. The maximum Gasteiger partial charge on any atom is 0.338 e. The number of carbonyl (C=O) groups is 1. The Labute approximate surface area is 106 Å². The van der Waals surface area contributed by atoms with Gasteiger partial charge in [-0.15, -0.1) is 0 Å². The summed E-state index contributed by atoms with van der Waals surface area (Å²) < 4.78 is 10.1. The summed E-state index contributed by atoms with van der Waals surface area (Å²) >= 11 is 0. The monoisotopic (exact) mass is 245 g/mol. The molecule has 0 bridgehead atoms. The van der Waals surface area contributed by atoms with Gasteiger partial charge in [-0.25, -0.2) is 4.79 Å². The van der Waals surface area contributed by atoms with Crippen LogP contribution in [-0.4, -0.2) is 11.1 Å². The van der Waals surface area contributed by atoms with Crippen molar-refractivity contribution in [1.29, 1.82) is 0 Å². The Morgan fingerprint density at radius 3 is 2.72 bits per heavy atom. The quantitative estimate of drug-likeness (QED) is 0.780. The minimum absolute atomic E-state index is 0.129. The topological polar surface area (TPSA) is 52.3 Å². The lowest BCUT2D eigenvalue weighted by atomic mass is 10.1. The predicted octanol–water partition coefficient (Wildman–Crippen LogP) is 2.96. The Morgan fingerprint density at radius 2 is 2.06 bits per heavy atom. The average molecular weight is 245 g/mol. The van der Waals surface area contributed by atoms with Crippen LogP contribution in [0.25, 0.3) is 0 Å². The van der Waals surface area contributed by atoms with Crippen molar-refractivity contribution in [3.05, 3.63) is 52.4 Å². The Bertz CT molecular complexity index is 572. The second-order valence-corrected chi connectivity index (χ2v) is 4.32. The molecule has 2 rings (SSSR count). The number of esters is 1. The lowest BCUT2D eigenvalue weighted by molar-refractivity contribution is 0.0463. The fourth-order valence-electron chi connectivity index (χ4n) is 1.66. The van der Waals surface area contributed by atoms with E-state index in [0.717, 1.165) is 11.1 Å². The molecule has 0 amide bonds. The molecule has 0 aliphatic rings. The normalized spacial score (nSPS) is 10.4. The van der Waals surface area contributed by atoms with E-state index in [4.69, 9.17) is 9.26 Å². The first-order valence-corrected chi connectivity index (χ1v) is 5.73. The lowest BCUT2D eigenvalue weighted by Crippen LogP contribution is -2.07. The highest BCUT2D eigenvalue weighted by Gasteiger charge is 2.11. The van der Waals surface area contributed by atoms with Gasteiger partial charge in [0.2, 0.25) is 0 Å². The zero-order valence-electron chi connectivity index (χ0n) is 10.7. The molecule has 0 unspecified atom stereocenters. The van der Waals surface area contributed by atoms with E-state index in [1.54, 1.807) is 13.0 Å². The third-order valence-corrected chi connectivity index (χ3v) is 2.64. The van der Waals surface area contributed by atoms with Gasteiger partial charge in [0, 0.05) is 6.07 Å². The number of hydrogen-bond acceptors (Lipinski definition) is 4. The molecule has 0 saturated carbocycles. The van der Waals surface area contributed by atoms with E-state index in [-0.39, 0.29) is 12.6 Å². The average Bonchev–Trinajstić information content (AvgIpc) is 2.75. The molecule has 2 aromatic rings. The summed E-state index contributed by atoms with van der Waals surface area (Å²) in [7, 11) is 0. The fourth-order valence-corrected chi connectivity index (χ4v) is 1.66. The number of aryl methyl sites for hydroxylation is 3. The SMILES string of the molecule is Cc1ccc(C)c(C(=O)OCc2cc(C)on2)c1. The van der Waals surface area contributed by atoms with E-state index in [0.29, 0.717) is 17.0 Å². The first-order chi connectivity index (χ1) is 8.56. The largest absolute Gasteiger partial charge is 0.455 e. The van der Waals surface area contributed by atoms with Crippen molar-refractivity contribution in [1.82, 2.24) is 5.16 Å². The van der Waals surface area contributed by atoms with Crippen LogP contribution < -0.4 is 0 Å². The van der Waals surface area contributed by atoms with Crippen LogP contribution in [0.1, 0.15) is 32.9 Å². The molecule has 0 aliphatic carbocycles. The number of aromatic nitrogens is 1. The maximum atomic E-state index is 11.9. The van der Waals surface area contributed by atoms with Crippen LogP contribution >= 0.6 is 0 Å². The smallest absolute Gasteiger partial charge is 0.338 e. The van der Waals surface area contributed by atoms with Gasteiger partial charge in [0.05, 0.1) is 5.56 Å². The highest BCUT2D eigenvalue weighted by Crippen LogP contribution is 2.13. The molecule has 0 N–H and O–H groups in total. The van der Waals surface area contributed by atoms with Crippen molar-refractivity contribution in [3.63, 3.8) is 0 Å². The van der Waals surface area contributed by atoms with Crippen LogP contribution in [0, 0.1) is 20.8 Å². The molecule has 1 aromatic heterocycles. The van der Waals surface area contributed by atoms with Gasteiger partial charge in [0.25, 0.3) is 0 Å². The molecule has 1 aromatic carbocycles. The zero-order valence-corrected chi connectivity index (χ0v) is 10.7. The van der Waals surface area contributed by atoms with Crippen LogP contribution in [0.5, 0.6) is 0 Å². The number of carbonyl (C=O) groups excluding carboxylic acids is 1. The molecule has 4 nitrogen and oxygen atoms in total. The Morgan fingerprint density at radius 1 is 1.28 bits per heavy atom. The van der Waals surface area contributed by atoms with Gasteiger partial charge in [0.15, 0.2) is 0 Å². The molecule has 0 fully saturated rings. The summed E-state index contributed by atoms with van der Waals surface area (Å²) in [6.07, 6.45) is 0. The van der Waals surface area contributed by atoms with Gasteiger partial charge in [-0.05, 0) is 32.4 Å². The van der Waals surface area contributed by atoms with Gasteiger partial charge in [-0.3, -0.25) is 0 Å². The molecule has 4 heteroatoms. The summed E-state index contributed by atoms with van der Waals surface area (Å²) in [4.78, 5) is 11.9. The van der Waals surface area contributed by atoms with Crippen molar-refractivity contribution in [2.24, 2.45) is 0 Å². The number of nitrogens with zero attached hydrogens (tertiary/aromatic N) is 1. The van der Waals surface area contributed by atoms with E-state index in [1.807, 2.05) is 32.0 Å². The van der Waals surface area contributed by atoms with Gasteiger partial charge in [-0.2, -0.15) is 0 Å². The molecule has 0 radical (unpaired) electrons. The minimum atomic E-state index is -0.336. The van der Waals surface area contributed by atoms with E-state index in [9.17, 15) is 4.79 Å². The van der Waals surface area contributed by atoms with Crippen LogP contribution in [-0.2, 0) is 11.3 Å². The van der Waals surface area contributed by atoms with Crippen molar-refractivity contribution in [2.75, 3.05) is 0 Å². The fraction of sp³-hybridized carbons (Fsp3) is 0.286. The summed E-state index contributed by atoms with van der Waals surface area (Å²) in [5.41, 5.74) is 3.15. The lowest BCUT2D eigenvalue weighted by Gasteiger charge is -2.06. The summed E-state index contributed by atoms with van der Waals surface area (Å²) in [6.45, 7) is 5.75. The van der Waals surface area contributed by atoms with Gasteiger partial charge >= 0.3 is 5.97 Å². The second-order valence-electron chi connectivity index (χ2n) is 4.32. The minimum Gasteiger partial charge on any atom is -0.455 e. The molecule has 18 heavy (non-hydrogen) atoms. The highest BCUT2D eigenvalue weighted by molar-refractivity contribution is 5.91. The van der Waals surface area contributed by atoms with Crippen molar-refractivity contribution in [3.8, 4) is 0 Å². The maximum absolute atomic E-state index is 11.9. The van der Waals surface area contributed by atoms with E-state index >= 15 is 0 Å². The predicted molar refractivity (Wildman–Crippen MR) is 66.3 cm³/mol. The number of rotatable bonds is 3. The molecule has 0 spiro atoms. The summed E-state index contributed by atoms with van der Waals surface area (Å²) in [5, 5.41) is 3.77. The zero-order chi connectivity index (χ0) is 13.1. The summed E-state index contributed by atoms with van der Waals surface area (Å²) in [5.74, 6) is 0.365. The van der Waals surface area contributed by atoms with Gasteiger partial charge in [-0.1, -0.05) is 22.9 Å². The molecule has 0 saturated heterocycles. The van der Waals surface area contributed by atoms with Gasteiger partial charge < -0.3 is 9.26 Å². The third-order valence-electron chi connectivity index (χ3n) is 2.64. The molecular formula is C14H15NO3. The molecule has 94 valence electrons. The molecule has 0 atom stereocenters. The highest BCUT2D eigenvalue weighted by atomic mass is 16.5. The van der Waals surface area contributed by atoms with E-state index < -0.39 is 0 Å². The van der Waals surface area contributed by atoms with Crippen LogP contribution in [0.3, 0.4) is 0 Å². The Balaban J connectivity index is 2.05. The first-order valence-electron chi connectivity index (χ1n) is 5.73. The van der Waals surface area contributed by atoms with E-state index in [2.05, 4.69) is 5.16 Å². The molecular weight excluding hydrogens is 230 g/mol. The van der Waals surface area contributed by atoms with Crippen molar-refractivity contribution < 1.29 is 14.1 Å². The third kappa shape index (κ3) is 2.77. The first kappa shape index (κ1) is 12.4. The summed E-state index contributed by atoms with van der Waals surface area (Å²) in [6, 6.07) is 7.45. The van der Waals surface area contributed by atoms with Crippen LogP contribution in [0.15, 0.2) is 28.8 Å². The number of ether oxygens (including phenoxy) is 1. The standard InChI is InChI=1S/C14H15NO3/c1-9-4-5-10(2)13(6-9)14(16)17-8-12-7-11(3)18-15-12/h4-7H,8H2,1-3H3. The Hall–Kier alpha value is -2.10. The van der Waals surface area contributed by atoms with Crippen molar-refractivity contribution in [2.45, 2.75) is 27.4 Å². The van der Waals surface area contributed by atoms with Crippen LogP contribution in [0.2, 0.25) is 0 Å². The molecule has 0 aliphatic heterocycles.